The number of aromatic nitrogens is 2. The van der Waals surface area contributed by atoms with E-state index in [2.05, 4.69) is 5.32 Å². The lowest BCUT2D eigenvalue weighted by Gasteiger charge is -2.27. The summed E-state index contributed by atoms with van der Waals surface area (Å²) in [6.07, 6.45) is 3.27. The van der Waals surface area contributed by atoms with Crippen molar-refractivity contribution in [2.24, 2.45) is 0 Å². The van der Waals surface area contributed by atoms with Gasteiger partial charge in [0.1, 0.15) is 12.4 Å². The van der Waals surface area contributed by atoms with Gasteiger partial charge >= 0.3 is 0 Å². The van der Waals surface area contributed by atoms with Gasteiger partial charge in [-0.15, -0.1) is 0 Å². The maximum atomic E-state index is 12.9. The molecule has 1 atom stereocenters. The molecule has 1 saturated heterocycles. The number of benzene rings is 2. The monoisotopic (exact) mass is 424 g/mol. The normalized spacial score (nSPS) is 15.2. The molecule has 2 heterocycles. The predicted molar refractivity (Wildman–Crippen MR) is 117 cm³/mol. The number of fused-ring (bicyclic) bond motifs is 1. The summed E-state index contributed by atoms with van der Waals surface area (Å²) in [4.78, 5) is 32.3. The standard InChI is InChI=1S/C23H25ClN4O2/c1-16(25-23(30)17-9-3-4-10-18(17)24)22-26-19-11-5-6-12-20(19)28(22)15-21(29)27-13-7-2-8-14-27/h3-6,9-12,16H,2,7-8,13-15H2,1H3,(H,25,30). The molecule has 7 heteroatoms. The second-order valence-corrected chi connectivity index (χ2v) is 8.07. The van der Waals surface area contributed by atoms with Crippen LogP contribution in [0.2, 0.25) is 5.02 Å². The second kappa shape index (κ2) is 8.88. The van der Waals surface area contributed by atoms with Gasteiger partial charge in [0.05, 0.1) is 27.7 Å². The van der Waals surface area contributed by atoms with Crippen LogP contribution >= 0.6 is 11.6 Å². The first-order chi connectivity index (χ1) is 14.5. The van der Waals surface area contributed by atoms with E-state index in [1.54, 1.807) is 24.3 Å². The Hall–Kier alpha value is -2.86. The van der Waals surface area contributed by atoms with Gasteiger partial charge < -0.3 is 14.8 Å². The SMILES string of the molecule is CC(NC(=O)c1ccccc1Cl)c1nc2ccccc2n1CC(=O)N1CCCCC1. The van der Waals surface area contributed by atoms with Gasteiger partial charge in [-0.25, -0.2) is 4.98 Å². The number of carbonyl (C=O) groups is 2. The fraction of sp³-hybridized carbons (Fsp3) is 0.348. The number of amides is 2. The van der Waals surface area contributed by atoms with E-state index < -0.39 is 6.04 Å². The highest BCUT2D eigenvalue weighted by Gasteiger charge is 2.23. The summed E-state index contributed by atoms with van der Waals surface area (Å²) in [5, 5.41) is 3.37. The van der Waals surface area contributed by atoms with Crippen LogP contribution < -0.4 is 5.32 Å². The van der Waals surface area contributed by atoms with Crippen LogP contribution in [0.3, 0.4) is 0 Å². The summed E-state index contributed by atoms with van der Waals surface area (Å²) in [5.41, 5.74) is 2.10. The number of rotatable bonds is 5. The first kappa shape index (κ1) is 20.4. The first-order valence-corrected chi connectivity index (χ1v) is 10.7. The molecule has 1 aliphatic heterocycles. The van der Waals surface area contributed by atoms with Crippen LogP contribution in [0, 0.1) is 0 Å². The molecule has 0 spiro atoms. The van der Waals surface area contributed by atoms with Crippen LogP contribution in [0.15, 0.2) is 48.5 Å². The molecule has 6 nitrogen and oxygen atoms in total. The minimum Gasteiger partial charge on any atom is -0.342 e. The van der Waals surface area contributed by atoms with Crippen LogP contribution in [0.25, 0.3) is 11.0 Å². The number of nitrogens with zero attached hydrogens (tertiary/aromatic N) is 3. The van der Waals surface area contributed by atoms with Gasteiger partial charge in [0.25, 0.3) is 5.91 Å². The molecule has 1 fully saturated rings. The summed E-state index contributed by atoms with van der Waals surface area (Å²) in [5.74, 6) is 0.472. The zero-order chi connectivity index (χ0) is 21.1. The Bertz CT molecular complexity index is 1070. The third-order valence-corrected chi connectivity index (χ3v) is 5.87. The Kier molecular flexibility index (Phi) is 6.04. The van der Waals surface area contributed by atoms with Crippen molar-refractivity contribution in [2.45, 2.75) is 38.8 Å². The van der Waals surface area contributed by atoms with Crippen LogP contribution in [-0.4, -0.2) is 39.4 Å². The smallest absolute Gasteiger partial charge is 0.253 e. The molecule has 0 aliphatic carbocycles. The number of imidazole rings is 1. The number of piperidine rings is 1. The lowest BCUT2D eigenvalue weighted by atomic mass is 10.1. The second-order valence-electron chi connectivity index (χ2n) is 7.66. The fourth-order valence-electron chi connectivity index (χ4n) is 3.95. The number of likely N-dealkylation sites (tertiary alicyclic amines) is 1. The maximum Gasteiger partial charge on any atom is 0.253 e. The molecule has 2 amide bonds. The number of halogens is 1. The Balaban J connectivity index is 1.61. The lowest BCUT2D eigenvalue weighted by molar-refractivity contribution is -0.132. The Morgan fingerprint density at radius 2 is 1.77 bits per heavy atom. The molecule has 0 saturated carbocycles. The highest BCUT2D eigenvalue weighted by Crippen LogP contribution is 2.23. The van der Waals surface area contributed by atoms with Gasteiger partial charge in [0, 0.05) is 13.1 Å². The number of para-hydroxylation sites is 2. The minimum absolute atomic E-state index is 0.0868. The van der Waals surface area contributed by atoms with Crippen molar-refractivity contribution in [2.75, 3.05) is 13.1 Å². The molecule has 4 rings (SSSR count). The minimum atomic E-state index is -0.393. The zero-order valence-corrected chi connectivity index (χ0v) is 17.7. The number of hydrogen-bond acceptors (Lipinski definition) is 3. The van der Waals surface area contributed by atoms with Crippen LogP contribution in [0.1, 0.15) is 48.4 Å². The summed E-state index contributed by atoms with van der Waals surface area (Å²) in [7, 11) is 0. The van der Waals surface area contributed by atoms with E-state index in [1.165, 1.54) is 6.42 Å². The van der Waals surface area contributed by atoms with E-state index in [9.17, 15) is 9.59 Å². The van der Waals surface area contributed by atoms with Crippen molar-refractivity contribution in [1.82, 2.24) is 19.8 Å². The Labute approximate surface area is 180 Å². The zero-order valence-electron chi connectivity index (χ0n) is 17.0. The Morgan fingerprint density at radius 3 is 2.53 bits per heavy atom. The Morgan fingerprint density at radius 1 is 1.07 bits per heavy atom. The maximum absolute atomic E-state index is 12.9. The van der Waals surface area contributed by atoms with E-state index in [0.717, 1.165) is 37.0 Å². The third kappa shape index (κ3) is 4.19. The molecule has 0 bridgehead atoms. The molecular formula is C23H25ClN4O2. The fourth-order valence-corrected chi connectivity index (χ4v) is 4.18. The predicted octanol–water partition coefficient (Wildman–Crippen LogP) is 4.19. The van der Waals surface area contributed by atoms with Crippen LogP contribution in [0.4, 0.5) is 0 Å². The molecular weight excluding hydrogens is 400 g/mol. The van der Waals surface area contributed by atoms with Gasteiger partial charge in [0.15, 0.2) is 0 Å². The van der Waals surface area contributed by atoms with E-state index in [4.69, 9.17) is 16.6 Å². The summed E-state index contributed by atoms with van der Waals surface area (Å²) < 4.78 is 1.92. The van der Waals surface area contributed by atoms with Crippen molar-refractivity contribution >= 4 is 34.4 Å². The number of nitrogens with one attached hydrogen (secondary N) is 1. The van der Waals surface area contributed by atoms with Crippen molar-refractivity contribution in [3.8, 4) is 0 Å². The molecule has 3 aromatic rings. The van der Waals surface area contributed by atoms with Gasteiger partial charge in [-0.3, -0.25) is 9.59 Å². The molecule has 2 aromatic carbocycles. The molecule has 1 aliphatic rings. The van der Waals surface area contributed by atoms with Gasteiger partial charge in [-0.1, -0.05) is 35.9 Å². The quantitative estimate of drug-likeness (QED) is 0.667. The van der Waals surface area contributed by atoms with E-state index in [1.807, 2.05) is 40.7 Å². The third-order valence-electron chi connectivity index (χ3n) is 5.54. The topological polar surface area (TPSA) is 67.2 Å². The molecule has 156 valence electrons. The van der Waals surface area contributed by atoms with Crippen molar-refractivity contribution in [1.29, 1.82) is 0 Å². The molecule has 30 heavy (non-hydrogen) atoms. The molecule has 1 N–H and O–H groups in total. The van der Waals surface area contributed by atoms with Crippen molar-refractivity contribution in [3.63, 3.8) is 0 Å². The van der Waals surface area contributed by atoms with E-state index >= 15 is 0 Å². The average molecular weight is 425 g/mol. The van der Waals surface area contributed by atoms with E-state index in [0.29, 0.717) is 16.4 Å². The van der Waals surface area contributed by atoms with Crippen molar-refractivity contribution < 1.29 is 9.59 Å². The van der Waals surface area contributed by atoms with Crippen LogP contribution in [-0.2, 0) is 11.3 Å². The largest absolute Gasteiger partial charge is 0.342 e. The van der Waals surface area contributed by atoms with Crippen LogP contribution in [0.5, 0.6) is 0 Å². The average Bonchev–Trinajstić information content (AvgIpc) is 3.13. The highest BCUT2D eigenvalue weighted by atomic mass is 35.5. The summed E-state index contributed by atoms with van der Waals surface area (Å²) in [6.45, 7) is 3.69. The van der Waals surface area contributed by atoms with Crippen molar-refractivity contribution in [3.05, 3.63) is 64.9 Å². The molecule has 0 radical (unpaired) electrons. The number of hydrogen-bond donors (Lipinski definition) is 1. The van der Waals surface area contributed by atoms with E-state index in [-0.39, 0.29) is 18.4 Å². The molecule has 1 aromatic heterocycles. The summed E-state index contributed by atoms with van der Waals surface area (Å²) >= 11 is 6.17. The lowest BCUT2D eigenvalue weighted by Crippen LogP contribution is -2.38. The van der Waals surface area contributed by atoms with Gasteiger partial charge in [-0.05, 0) is 50.5 Å². The van der Waals surface area contributed by atoms with Gasteiger partial charge in [0.2, 0.25) is 5.91 Å². The summed E-state index contributed by atoms with van der Waals surface area (Å²) in [6, 6.07) is 14.3. The highest BCUT2D eigenvalue weighted by molar-refractivity contribution is 6.33. The number of carbonyl (C=O) groups excluding carboxylic acids is 2. The first-order valence-electron chi connectivity index (χ1n) is 10.3. The molecule has 1 unspecified atom stereocenters. The van der Waals surface area contributed by atoms with Gasteiger partial charge in [-0.2, -0.15) is 0 Å².